The molecule has 5 nitrogen and oxygen atoms in total. The fraction of sp³-hybridized carbons (Fsp3) is 0.0952. The van der Waals surface area contributed by atoms with Crippen molar-refractivity contribution in [2.75, 3.05) is 6.61 Å². The van der Waals surface area contributed by atoms with Crippen molar-refractivity contribution in [3.05, 3.63) is 99.8 Å². The van der Waals surface area contributed by atoms with Gasteiger partial charge < -0.3 is 10.1 Å². The van der Waals surface area contributed by atoms with Crippen LogP contribution in [0, 0.1) is 0 Å². The first-order valence-electron chi connectivity index (χ1n) is 8.42. The van der Waals surface area contributed by atoms with Crippen LogP contribution >= 0.6 is 23.2 Å². The summed E-state index contributed by atoms with van der Waals surface area (Å²) >= 11 is 11.8. The lowest BCUT2D eigenvalue weighted by Crippen LogP contribution is -2.33. The van der Waals surface area contributed by atoms with E-state index in [1.165, 1.54) is 12.3 Å². The van der Waals surface area contributed by atoms with Crippen LogP contribution in [0.4, 0.5) is 0 Å². The molecule has 1 heterocycles. The fourth-order valence-electron chi connectivity index (χ4n) is 2.61. The third-order valence-corrected chi connectivity index (χ3v) is 4.51. The number of ether oxygens (including phenoxy) is 1. The highest BCUT2D eigenvalue weighted by molar-refractivity contribution is 6.32. The number of halogens is 2. The van der Waals surface area contributed by atoms with Crippen molar-refractivity contribution in [3.63, 3.8) is 0 Å². The van der Waals surface area contributed by atoms with Gasteiger partial charge in [0.05, 0.1) is 11.6 Å². The van der Waals surface area contributed by atoms with E-state index in [9.17, 15) is 9.59 Å². The van der Waals surface area contributed by atoms with Gasteiger partial charge in [-0.25, -0.2) is 9.78 Å². The molecule has 1 unspecified atom stereocenters. The van der Waals surface area contributed by atoms with Crippen LogP contribution < -0.4 is 5.32 Å². The summed E-state index contributed by atoms with van der Waals surface area (Å²) < 4.78 is 5.07. The van der Waals surface area contributed by atoms with E-state index in [0.717, 1.165) is 11.1 Å². The molecule has 0 fully saturated rings. The van der Waals surface area contributed by atoms with Crippen LogP contribution in [-0.4, -0.2) is 23.5 Å². The largest absolute Gasteiger partial charge is 0.452 e. The molecule has 0 saturated heterocycles. The van der Waals surface area contributed by atoms with Crippen molar-refractivity contribution in [2.24, 2.45) is 0 Å². The average Bonchev–Trinajstić information content (AvgIpc) is 2.72. The number of rotatable bonds is 6. The predicted octanol–water partition coefficient (Wildman–Crippen LogP) is 4.45. The minimum Gasteiger partial charge on any atom is -0.452 e. The summed E-state index contributed by atoms with van der Waals surface area (Å²) in [4.78, 5) is 28.3. The maximum absolute atomic E-state index is 12.4. The van der Waals surface area contributed by atoms with E-state index in [2.05, 4.69) is 10.3 Å². The number of benzene rings is 2. The monoisotopic (exact) mass is 414 g/mol. The SMILES string of the molecule is O=C(COC(=O)c1cccnc1Cl)NC(c1ccccc1)c1ccc(Cl)cc1. The summed E-state index contributed by atoms with van der Waals surface area (Å²) in [5.41, 5.74) is 1.85. The number of hydrogen-bond donors (Lipinski definition) is 1. The number of nitrogens with one attached hydrogen (secondary N) is 1. The van der Waals surface area contributed by atoms with Gasteiger partial charge in [-0.15, -0.1) is 0 Å². The maximum atomic E-state index is 12.4. The molecule has 0 saturated carbocycles. The van der Waals surface area contributed by atoms with Gasteiger partial charge >= 0.3 is 5.97 Å². The molecular formula is C21H16Cl2N2O3. The van der Waals surface area contributed by atoms with Crippen LogP contribution in [0.2, 0.25) is 10.2 Å². The van der Waals surface area contributed by atoms with Crippen LogP contribution in [0.1, 0.15) is 27.5 Å². The first-order valence-corrected chi connectivity index (χ1v) is 9.17. The second kappa shape index (κ2) is 9.35. The molecule has 7 heteroatoms. The molecule has 1 N–H and O–H groups in total. The minimum atomic E-state index is -0.712. The Hall–Kier alpha value is -2.89. The molecule has 142 valence electrons. The second-order valence-corrected chi connectivity index (χ2v) is 6.68. The number of carbonyl (C=O) groups is 2. The summed E-state index contributed by atoms with van der Waals surface area (Å²) in [5.74, 6) is -1.16. The van der Waals surface area contributed by atoms with Crippen molar-refractivity contribution in [2.45, 2.75) is 6.04 Å². The Labute approximate surface area is 172 Å². The molecule has 0 radical (unpaired) electrons. The van der Waals surface area contributed by atoms with Crippen LogP contribution in [-0.2, 0) is 9.53 Å². The standard InChI is InChI=1S/C21H16Cl2N2O3/c22-16-10-8-15(9-11-16)19(14-5-2-1-3-6-14)25-18(26)13-28-21(27)17-7-4-12-24-20(17)23/h1-12,19H,13H2,(H,25,26). The Morgan fingerprint density at radius 2 is 1.61 bits per heavy atom. The number of nitrogens with zero attached hydrogens (tertiary/aromatic N) is 1. The van der Waals surface area contributed by atoms with Gasteiger partial charge in [-0.2, -0.15) is 0 Å². The molecular weight excluding hydrogens is 399 g/mol. The van der Waals surface area contributed by atoms with E-state index >= 15 is 0 Å². The fourth-order valence-corrected chi connectivity index (χ4v) is 2.93. The van der Waals surface area contributed by atoms with Crippen LogP contribution in [0.3, 0.4) is 0 Å². The molecule has 3 aromatic rings. The molecule has 3 rings (SSSR count). The molecule has 0 aliphatic rings. The number of carbonyl (C=O) groups excluding carboxylic acids is 2. The summed E-state index contributed by atoms with van der Waals surface area (Å²) in [6, 6.07) is 19.3. The normalized spacial score (nSPS) is 11.5. The lowest BCUT2D eigenvalue weighted by Gasteiger charge is -2.20. The number of amides is 1. The van der Waals surface area contributed by atoms with E-state index in [1.54, 1.807) is 18.2 Å². The quantitative estimate of drug-likeness (QED) is 0.477. The number of aromatic nitrogens is 1. The van der Waals surface area contributed by atoms with E-state index in [4.69, 9.17) is 27.9 Å². The van der Waals surface area contributed by atoms with Crippen molar-refractivity contribution < 1.29 is 14.3 Å². The third kappa shape index (κ3) is 5.09. The van der Waals surface area contributed by atoms with E-state index in [0.29, 0.717) is 5.02 Å². The van der Waals surface area contributed by atoms with Gasteiger partial charge in [0.15, 0.2) is 6.61 Å². The third-order valence-electron chi connectivity index (χ3n) is 3.95. The predicted molar refractivity (Wildman–Crippen MR) is 107 cm³/mol. The Morgan fingerprint density at radius 1 is 0.929 bits per heavy atom. The Kier molecular flexibility index (Phi) is 6.63. The number of hydrogen-bond acceptors (Lipinski definition) is 4. The van der Waals surface area contributed by atoms with Gasteiger partial charge in [0.25, 0.3) is 5.91 Å². The lowest BCUT2D eigenvalue weighted by molar-refractivity contribution is -0.124. The van der Waals surface area contributed by atoms with Crippen molar-refractivity contribution in [1.82, 2.24) is 10.3 Å². The zero-order valence-electron chi connectivity index (χ0n) is 14.6. The van der Waals surface area contributed by atoms with Crippen molar-refractivity contribution >= 4 is 35.1 Å². The smallest absolute Gasteiger partial charge is 0.341 e. The average molecular weight is 415 g/mol. The molecule has 28 heavy (non-hydrogen) atoms. The highest BCUT2D eigenvalue weighted by Gasteiger charge is 2.19. The molecule has 0 spiro atoms. The molecule has 1 aromatic heterocycles. The second-order valence-electron chi connectivity index (χ2n) is 5.88. The molecule has 0 aliphatic heterocycles. The summed E-state index contributed by atoms with van der Waals surface area (Å²) in [6.07, 6.45) is 1.46. The summed E-state index contributed by atoms with van der Waals surface area (Å²) in [5, 5.41) is 3.51. The number of pyridine rings is 1. The highest BCUT2D eigenvalue weighted by atomic mass is 35.5. The Morgan fingerprint density at radius 3 is 2.29 bits per heavy atom. The molecule has 0 aliphatic carbocycles. The Balaban J connectivity index is 1.70. The van der Waals surface area contributed by atoms with Gasteiger partial charge in [-0.05, 0) is 35.4 Å². The maximum Gasteiger partial charge on any atom is 0.341 e. The van der Waals surface area contributed by atoms with Gasteiger partial charge in [0.1, 0.15) is 5.15 Å². The van der Waals surface area contributed by atoms with Gasteiger partial charge in [0.2, 0.25) is 0 Å². The zero-order chi connectivity index (χ0) is 19.9. The molecule has 1 amide bonds. The van der Waals surface area contributed by atoms with Crippen molar-refractivity contribution in [3.8, 4) is 0 Å². The summed E-state index contributed by atoms with van der Waals surface area (Å²) in [7, 11) is 0. The van der Waals surface area contributed by atoms with E-state index < -0.39 is 24.5 Å². The lowest BCUT2D eigenvalue weighted by atomic mass is 9.99. The molecule has 1 atom stereocenters. The van der Waals surface area contributed by atoms with Crippen LogP contribution in [0.5, 0.6) is 0 Å². The molecule has 0 bridgehead atoms. The zero-order valence-corrected chi connectivity index (χ0v) is 16.2. The topological polar surface area (TPSA) is 68.3 Å². The first-order chi connectivity index (χ1) is 13.5. The molecule has 2 aromatic carbocycles. The van der Waals surface area contributed by atoms with Crippen LogP contribution in [0.15, 0.2) is 72.9 Å². The first kappa shape index (κ1) is 19.9. The van der Waals surface area contributed by atoms with E-state index in [-0.39, 0.29) is 10.7 Å². The Bertz CT molecular complexity index is 963. The highest BCUT2D eigenvalue weighted by Crippen LogP contribution is 2.23. The van der Waals surface area contributed by atoms with Gasteiger partial charge in [-0.1, -0.05) is 65.7 Å². The summed E-state index contributed by atoms with van der Waals surface area (Å²) in [6.45, 7) is -0.443. The minimum absolute atomic E-state index is 0.0243. The van der Waals surface area contributed by atoms with Crippen LogP contribution in [0.25, 0.3) is 0 Å². The van der Waals surface area contributed by atoms with Crippen molar-refractivity contribution in [1.29, 1.82) is 0 Å². The number of esters is 1. The van der Waals surface area contributed by atoms with Gasteiger partial charge in [0, 0.05) is 11.2 Å². The van der Waals surface area contributed by atoms with E-state index in [1.807, 2.05) is 42.5 Å². The van der Waals surface area contributed by atoms with Gasteiger partial charge in [-0.3, -0.25) is 4.79 Å².